The minimum atomic E-state index is 0.186. The van der Waals surface area contributed by atoms with Gasteiger partial charge in [0.15, 0.2) is 0 Å². The lowest BCUT2D eigenvalue weighted by atomic mass is 9.79. The monoisotopic (exact) mass is 428 g/mol. The summed E-state index contributed by atoms with van der Waals surface area (Å²) in [7, 11) is 1.65. The largest absolute Gasteiger partial charge is 0.497 e. The van der Waals surface area contributed by atoms with Gasteiger partial charge >= 0.3 is 0 Å². The molecule has 3 aromatic rings. The molecule has 4 nitrogen and oxygen atoms in total. The number of benzene rings is 3. The lowest BCUT2D eigenvalue weighted by Crippen LogP contribution is -2.48. The van der Waals surface area contributed by atoms with Gasteiger partial charge in [0.1, 0.15) is 17.2 Å². The van der Waals surface area contributed by atoms with Crippen LogP contribution in [0.5, 0.6) is 17.2 Å². The maximum Gasteiger partial charge on any atom is 0.131 e. The van der Waals surface area contributed by atoms with E-state index in [2.05, 4.69) is 55.8 Å². The van der Waals surface area contributed by atoms with Crippen molar-refractivity contribution >= 4 is 17.6 Å². The minimum absolute atomic E-state index is 0.186. The molecule has 3 aromatic carbocycles. The second kappa shape index (κ2) is 9.07. The Bertz CT molecular complexity index is 1100. The van der Waals surface area contributed by atoms with Crippen LogP contribution < -0.4 is 14.4 Å². The fourth-order valence-electron chi connectivity index (χ4n) is 4.74. The van der Waals surface area contributed by atoms with Gasteiger partial charge in [-0.15, -0.1) is 0 Å². The van der Waals surface area contributed by atoms with Crippen LogP contribution in [-0.2, 0) is 0 Å². The molecule has 0 aromatic heterocycles. The number of anilines is 1. The normalized spacial score (nSPS) is 17.3. The predicted octanol–water partition coefficient (Wildman–Crippen LogP) is 7.35. The molecule has 0 saturated carbocycles. The van der Waals surface area contributed by atoms with Gasteiger partial charge in [-0.3, -0.25) is 4.99 Å². The molecule has 0 spiro atoms. The van der Waals surface area contributed by atoms with Gasteiger partial charge in [0.25, 0.3) is 0 Å². The van der Waals surface area contributed by atoms with Gasteiger partial charge in [0.05, 0.1) is 12.8 Å². The van der Waals surface area contributed by atoms with Crippen molar-refractivity contribution in [3.05, 3.63) is 77.9 Å². The fourth-order valence-corrected chi connectivity index (χ4v) is 4.74. The van der Waals surface area contributed by atoms with Crippen LogP contribution in [0.2, 0.25) is 0 Å². The molecule has 0 fully saturated rings. The molecule has 1 atom stereocenters. The van der Waals surface area contributed by atoms with Crippen LogP contribution in [0, 0.1) is 0 Å². The number of rotatable bonds is 6. The molecule has 1 unspecified atom stereocenters. The lowest BCUT2D eigenvalue weighted by molar-refractivity contribution is 0.381. The van der Waals surface area contributed by atoms with E-state index in [1.165, 1.54) is 11.3 Å². The molecule has 0 N–H and O–H groups in total. The molecule has 4 rings (SSSR count). The molecule has 0 saturated heterocycles. The Labute approximate surface area is 191 Å². The number of methoxy groups -OCH3 is 1. The summed E-state index contributed by atoms with van der Waals surface area (Å²) < 4.78 is 11.2. The highest BCUT2D eigenvalue weighted by Crippen LogP contribution is 2.43. The number of nitrogens with zero attached hydrogens (tertiary/aromatic N) is 2. The summed E-state index contributed by atoms with van der Waals surface area (Å²) >= 11 is 0. The van der Waals surface area contributed by atoms with Crippen LogP contribution in [-0.4, -0.2) is 25.4 Å². The van der Waals surface area contributed by atoms with E-state index >= 15 is 0 Å². The van der Waals surface area contributed by atoms with Crippen molar-refractivity contribution in [1.29, 1.82) is 0 Å². The highest BCUT2D eigenvalue weighted by molar-refractivity contribution is 5.83. The van der Waals surface area contributed by atoms with Gasteiger partial charge in [0.2, 0.25) is 0 Å². The van der Waals surface area contributed by atoms with Crippen molar-refractivity contribution in [3.63, 3.8) is 0 Å². The van der Waals surface area contributed by atoms with Crippen molar-refractivity contribution in [2.24, 2.45) is 4.99 Å². The number of aliphatic imine (C=N–C) groups is 1. The summed E-state index contributed by atoms with van der Waals surface area (Å²) in [5, 5.41) is 0. The first kappa shape index (κ1) is 21.9. The molecule has 166 valence electrons. The Hall–Kier alpha value is -3.27. The van der Waals surface area contributed by atoms with E-state index in [0.29, 0.717) is 5.92 Å². The first-order chi connectivity index (χ1) is 15.4. The van der Waals surface area contributed by atoms with Gasteiger partial charge in [-0.05, 0) is 92.8 Å². The number of hydrogen-bond acceptors (Lipinski definition) is 4. The summed E-state index contributed by atoms with van der Waals surface area (Å²) in [4.78, 5) is 7.20. The van der Waals surface area contributed by atoms with Crippen molar-refractivity contribution in [3.8, 4) is 17.2 Å². The smallest absolute Gasteiger partial charge is 0.131 e. The maximum atomic E-state index is 5.91. The quantitative estimate of drug-likeness (QED) is 0.385. The molecule has 32 heavy (non-hydrogen) atoms. The van der Waals surface area contributed by atoms with Crippen LogP contribution in [0.1, 0.15) is 51.2 Å². The lowest BCUT2D eigenvalue weighted by Gasteiger charge is -2.47. The Morgan fingerprint density at radius 2 is 1.75 bits per heavy atom. The van der Waals surface area contributed by atoms with E-state index in [1.54, 1.807) is 7.11 Å². The maximum absolute atomic E-state index is 5.91. The Balaban J connectivity index is 1.48. The highest BCUT2D eigenvalue weighted by atomic mass is 16.5. The van der Waals surface area contributed by atoms with Crippen LogP contribution in [0.4, 0.5) is 11.4 Å². The van der Waals surface area contributed by atoms with Gasteiger partial charge in [-0.2, -0.15) is 0 Å². The molecule has 0 bridgehead atoms. The summed E-state index contributed by atoms with van der Waals surface area (Å²) in [5.41, 5.74) is 4.98. The van der Waals surface area contributed by atoms with E-state index in [9.17, 15) is 0 Å². The first-order valence-electron chi connectivity index (χ1n) is 11.3. The summed E-state index contributed by atoms with van der Waals surface area (Å²) in [5.74, 6) is 2.81. The Morgan fingerprint density at radius 3 is 2.47 bits per heavy atom. The van der Waals surface area contributed by atoms with Gasteiger partial charge in [-0.25, -0.2) is 0 Å². The predicted molar refractivity (Wildman–Crippen MR) is 133 cm³/mol. The molecule has 0 aliphatic carbocycles. The van der Waals surface area contributed by atoms with Gasteiger partial charge in [-0.1, -0.05) is 19.1 Å². The van der Waals surface area contributed by atoms with Crippen molar-refractivity contribution < 1.29 is 9.47 Å². The van der Waals surface area contributed by atoms with Crippen LogP contribution in [0.3, 0.4) is 0 Å². The van der Waals surface area contributed by atoms with E-state index in [0.717, 1.165) is 41.5 Å². The third-order valence-electron chi connectivity index (χ3n) is 6.20. The van der Waals surface area contributed by atoms with E-state index in [4.69, 9.17) is 9.47 Å². The molecule has 0 radical (unpaired) electrons. The molecule has 0 amide bonds. The Kier molecular flexibility index (Phi) is 6.22. The molecular formula is C28H32N2O2. The second-order valence-corrected chi connectivity index (χ2v) is 9.01. The number of ether oxygens (including phenoxy) is 2. The molecular weight excluding hydrogens is 396 g/mol. The van der Waals surface area contributed by atoms with E-state index < -0.39 is 0 Å². The van der Waals surface area contributed by atoms with Crippen molar-refractivity contribution in [2.75, 3.05) is 18.6 Å². The van der Waals surface area contributed by atoms with Crippen molar-refractivity contribution in [1.82, 2.24) is 0 Å². The zero-order chi connectivity index (χ0) is 22.7. The average Bonchev–Trinajstić information content (AvgIpc) is 2.78. The standard InChI is InChI=1S/C28H32N2O2/c1-6-30-27-15-10-21(16-26(27)20(2)18-28(30,3)4)19-29-22-11-13-23(14-12-22)32-25-9-7-8-24(17-25)31-5/h7-17,19-20H,6,18H2,1-5H3. The van der Waals surface area contributed by atoms with Gasteiger partial charge in [0, 0.05) is 30.1 Å². The molecule has 1 heterocycles. The first-order valence-corrected chi connectivity index (χ1v) is 11.3. The number of fused-ring (bicyclic) bond motifs is 1. The third kappa shape index (κ3) is 4.64. The molecule has 1 aliphatic rings. The third-order valence-corrected chi connectivity index (χ3v) is 6.20. The zero-order valence-corrected chi connectivity index (χ0v) is 19.6. The van der Waals surface area contributed by atoms with Crippen LogP contribution in [0.15, 0.2) is 71.7 Å². The topological polar surface area (TPSA) is 34.1 Å². The Morgan fingerprint density at radius 1 is 1.00 bits per heavy atom. The van der Waals surface area contributed by atoms with Crippen LogP contribution in [0.25, 0.3) is 0 Å². The highest BCUT2D eigenvalue weighted by Gasteiger charge is 2.35. The summed E-state index contributed by atoms with van der Waals surface area (Å²) in [6, 6.07) is 22.1. The molecule has 1 aliphatic heterocycles. The SMILES string of the molecule is CCN1c2ccc(C=Nc3ccc(Oc4cccc(OC)c4)cc3)cc2C(C)CC1(C)C. The fraction of sp³-hybridized carbons (Fsp3) is 0.321. The number of hydrogen-bond donors (Lipinski definition) is 0. The molecule has 4 heteroatoms. The van der Waals surface area contributed by atoms with Crippen LogP contribution >= 0.6 is 0 Å². The van der Waals surface area contributed by atoms with Gasteiger partial charge < -0.3 is 14.4 Å². The summed E-state index contributed by atoms with van der Waals surface area (Å²) in [6.07, 6.45) is 3.10. The average molecular weight is 429 g/mol. The zero-order valence-electron chi connectivity index (χ0n) is 19.6. The minimum Gasteiger partial charge on any atom is -0.497 e. The van der Waals surface area contributed by atoms with E-state index in [-0.39, 0.29) is 5.54 Å². The second-order valence-electron chi connectivity index (χ2n) is 9.01. The summed E-state index contributed by atoms with van der Waals surface area (Å²) in [6.45, 7) is 10.3. The van der Waals surface area contributed by atoms with Crippen molar-refractivity contribution in [2.45, 2.75) is 45.6 Å². The van der Waals surface area contributed by atoms with E-state index in [1.807, 2.05) is 54.7 Å².